The van der Waals surface area contributed by atoms with Gasteiger partial charge in [-0.1, -0.05) is 13.5 Å². The van der Waals surface area contributed by atoms with Crippen LogP contribution >= 0.6 is 0 Å². The first-order valence-corrected chi connectivity index (χ1v) is 4.79. The Morgan fingerprint density at radius 1 is 1.64 bits per heavy atom. The van der Waals surface area contributed by atoms with Crippen LogP contribution in [0, 0.1) is 0 Å². The fourth-order valence-corrected chi connectivity index (χ4v) is 0.799. The molecule has 0 fully saturated rings. The van der Waals surface area contributed by atoms with Crippen molar-refractivity contribution in [2.75, 3.05) is 19.7 Å². The molecule has 0 amide bonds. The summed E-state index contributed by atoms with van der Waals surface area (Å²) in [5.41, 5.74) is 0.346. The van der Waals surface area contributed by atoms with Crippen molar-refractivity contribution in [3.8, 4) is 0 Å². The molecule has 0 aliphatic heterocycles. The van der Waals surface area contributed by atoms with E-state index in [2.05, 4.69) is 11.9 Å². The molecule has 82 valence electrons. The molecule has 0 aliphatic carbocycles. The number of esters is 1. The molecule has 1 atom stereocenters. The summed E-state index contributed by atoms with van der Waals surface area (Å²) in [6.07, 6.45) is 0.364. The van der Waals surface area contributed by atoms with Gasteiger partial charge in [-0.25, -0.2) is 4.79 Å². The molecule has 4 nitrogen and oxygen atoms in total. The van der Waals surface area contributed by atoms with E-state index < -0.39 is 12.1 Å². The van der Waals surface area contributed by atoms with Crippen LogP contribution < -0.4 is 5.32 Å². The Bertz CT molecular complexity index is 192. The highest BCUT2D eigenvalue weighted by Gasteiger charge is 2.08. The predicted molar refractivity (Wildman–Crippen MR) is 54.9 cm³/mol. The molecule has 2 N–H and O–H groups in total. The van der Waals surface area contributed by atoms with Gasteiger partial charge in [0.1, 0.15) is 12.7 Å². The van der Waals surface area contributed by atoms with E-state index in [1.165, 1.54) is 0 Å². The summed E-state index contributed by atoms with van der Waals surface area (Å²) in [4.78, 5) is 10.9. The van der Waals surface area contributed by atoms with Crippen LogP contribution in [-0.4, -0.2) is 36.9 Å². The second-order valence-electron chi connectivity index (χ2n) is 3.24. The zero-order chi connectivity index (χ0) is 11.0. The Labute approximate surface area is 85.0 Å². The SMILES string of the molecule is C=C(C)C(=O)OCC(O)CNCCC. The van der Waals surface area contributed by atoms with Crippen molar-refractivity contribution in [1.29, 1.82) is 0 Å². The summed E-state index contributed by atoms with van der Waals surface area (Å²) >= 11 is 0. The van der Waals surface area contributed by atoms with Crippen LogP contribution in [0.25, 0.3) is 0 Å². The maximum atomic E-state index is 10.9. The van der Waals surface area contributed by atoms with E-state index in [4.69, 9.17) is 4.74 Å². The first kappa shape index (κ1) is 13.1. The summed E-state index contributed by atoms with van der Waals surface area (Å²) in [5, 5.41) is 12.4. The molecule has 0 bridgehead atoms. The Kier molecular flexibility index (Phi) is 7.06. The molecular weight excluding hydrogens is 182 g/mol. The third kappa shape index (κ3) is 6.62. The molecule has 0 rings (SSSR count). The second-order valence-corrected chi connectivity index (χ2v) is 3.24. The van der Waals surface area contributed by atoms with Crippen molar-refractivity contribution in [3.05, 3.63) is 12.2 Å². The number of rotatable bonds is 7. The number of carbonyl (C=O) groups is 1. The minimum Gasteiger partial charge on any atom is -0.460 e. The Morgan fingerprint density at radius 2 is 2.29 bits per heavy atom. The number of aliphatic hydroxyl groups excluding tert-OH is 1. The Hall–Kier alpha value is -0.870. The van der Waals surface area contributed by atoms with E-state index >= 15 is 0 Å². The van der Waals surface area contributed by atoms with Gasteiger partial charge in [-0.3, -0.25) is 0 Å². The van der Waals surface area contributed by atoms with Gasteiger partial charge in [0, 0.05) is 12.1 Å². The summed E-state index contributed by atoms with van der Waals surface area (Å²) in [7, 11) is 0. The number of nitrogens with one attached hydrogen (secondary N) is 1. The first-order valence-electron chi connectivity index (χ1n) is 4.79. The lowest BCUT2D eigenvalue weighted by Gasteiger charge is -2.11. The van der Waals surface area contributed by atoms with Gasteiger partial charge in [-0.15, -0.1) is 0 Å². The first-order chi connectivity index (χ1) is 6.57. The number of hydrogen-bond donors (Lipinski definition) is 2. The van der Waals surface area contributed by atoms with Crippen LogP contribution in [0.3, 0.4) is 0 Å². The highest BCUT2D eigenvalue weighted by molar-refractivity contribution is 5.86. The van der Waals surface area contributed by atoms with Gasteiger partial charge in [0.15, 0.2) is 0 Å². The molecule has 0 aliphatic rings. The zero-order valence-electron chi connectivity index (χ0n) is 8.88. The van der Waals surface area contributed by atoms with Crippen LogP contribution in [0.5, 0.6) is 0 Å². The van der Waals surface area contributed by atoms with Gasteiger partial charge in [-0.05, 0) is 19.9 Å². The molecule has 0 heterocycles. The maximum absolute atomic E-state index is 10.9. The third-order valence-electron chi connectivity index (χ3n) is 1.56. The summed E-state index contributed by atoms with van der Waals surface area (Å²) < 4.78 is 4.77. The van der Waals surface area contributed by atoms with Gasteiger partial charge in [0.2, 0.25) is 0 Å². The minimum absolute atomic E-state index is 0.0163. The molecule has 0 spiro atoms. The normalized spacial score (nSPS) is 12.2. The number of hydrogen-bond acceptors (Lipinski definition) is 4. The Morgan fingerprint density at radius 3 is 2.79 bits per heavy atom. The maximum Gasteiger partial charge on any atom is 0.333 e. The molecule has 1 unspecified atom stereocenters. The van der Waals surface area contributed by atoms with Crippen LogP contribution in [-0.2, 0) is 9.53 Å². The van der Waals surface area contributed by atoms with Gasteiger partial charge in [-0.2, -0.15) is 0 Å². The number of carbonyl (C=O) groups excluding carboxylic acids is 1. The standard InChI is InChI=1S/C10H19NO3/c1-4-5-11-6-9(12)7-14-10(13)8(2)3/h9,11-12H,2,4-7H2,1,3H3. The van der Waals surface area contributed by atoms with Crippen molar-refractivity contribution in [2.45, 2.75) is 26.4 Å². The highest BCUT2D eigenvalue weighted by Crippen LogP contribution is 1.93. The number of ether oxygens (including phenoxy) is 1. The molecule has 0 radical (unpaired) electrons. The lowest BCUT2D eigenvalue weighted by atomic mass is 10.3. The largest absolute Gasteiger partial charge is 0.460 e. The lowest BCUT2D eigenvalue weighted by Crippen LogP contribution is -2.31. The Balaban J connectivity index is 3.48. The van der Waals surface area contributed by atoms with Crippen LogP contribution in [0.15, 0.2) is 12.2 Å². The predicted octanol–water partition coefficient (Wildman–Crippen LogP) is 0.466. The average molecular weight is 201 g/mol. The van der Waals surface area contributed by atoms with Crippen molar-refractivity contribution < 1.29 is 14.6 Å². The third-order valence-corrected chi connectivity index (χ3v) is 1.56. The zero-order valence-corrected chi connectivity index (χ0v) is 8.88. The van der Waals surface area contributed by atoms with E-state index in [1.54, 1.807) is 6.92 Å². The fourth-order valence-electron chi connectivity index (χ4n) is 0.799. The van der Waals surface area contributed by atoms with Crippen molar-refractivity contribution in [3.63, 3.8) is 0 Å². The molecular formula is C10H19NO3. The summed E-state index contributed by atoms with van der Waals surface area (Å²) in [5.74, 6) is -0.459. The van der Waals surface area contributed by atoms with Crippen LogP contribution in [0.2, 0.25) is 0 Å². The highest BCUT2D eigenvalue weighted by atomic mass is 16.5. The van der Waals surface area contributed by atoms with E-state index in [0.29, 0.717) is 12.1 Å². The second kappa shape index (κ2) is 7.53. The quantitative estimate of drug-likeness (QED) is 0.357. The average Bonchev–Trinajstić information content (AvgIpc) is 2.14. The van der Waals surface area contributed by atoms with Gasteiger partial charge >= 0.3 is 5.97 Å². The molecule has 14 heavy (non-hydrogen) atoms. The molecule has 0 aromatic rings. The lowest BCUT2D eigenvalue weighted by molar-refractivity contribution is -0.141. The van der Waals surface area contributed by atoms with E-state index in [1.807, 2.05) is 6.92 Å². The smallest absolute Gasteiger partial charge is 0.333 e. The fraction of sp³-hybridized carbons (Fsp3) is 0.700. The van der Waals surface area contributed by atoms with E-state index in [0.717, 1.165) is 13.0 Å². The summed E-state index contributed by atoms with van der Waals surface area (Å²) in [6, 6.07) is 0. The topological polar surface area (TPSA) is 58.6 Å². The van der Waals surface area contributed by atoms with Crippen molar-refractivity contribution in [2.24, 2.45) is 0 Å². The monoisotopic (exact) mass is 201 g/mol. The van der Waals surface area contributed by atoms with E-state index in [9.17, 15) is 9.90 Å². The van der Waals surface area contributed by atoms with Crippen LogP contribution in [0.4, 0.5) is 0 Å². The van der Waals surface area contributed by atoms with Crippen molar-refractivity contribution in [1.82, 2.24) is 5.32 Å². The van der Waals surface area contributed by atoms with Gasteiger partial charge in [0.25, 0.3) is 0 Å². The van der Waals surface area contributed by atoms with Crippen LogP contribution in [0.1, 0.15) is 20.3 Å². The molecule has 0 aromatic heterocycles. The number of aliphatic hydroxyl groups is 1. The molecule has 4 heteroatoms. The van der Waals surface area contributed by atoms with Crippen molar-refractivity contribution >= 4 is 5.97 Å². The van der Waals surface area contributed by atoms with Gasteiger partial charge < -0.3 is 15.2 Å². The summed E-state index contributed by atoms with van der Waals surface area (Å²) in [6.45, 7) is 8.36. The molecule has 0 saturated carbocycles. The van der Waals surface area contributed by atoms with E-state index in [-0.39, 0.29) is 6.61 Å². The minimum atomic E-state index is -0.648. The molecule has 0 saturated heterocycles. The molecule has 0 aromatic carbocycles. The van der Waals surface area contributed by atoms with Gasteiger partial charge in [0.05, 0.1) is 0 Å².